The molecule has 0 aliphatic carbocycles. The van der Waals surface area contributed by atoms with Gasteiger partial charge in [-0.25, -0.2) is 0 Å². The van der Waals surface area contributed by atoms with Gasteiger partial charge >= 0.3 is 6.18 Å². The molecule has 0 amide bonds. The fourth-order valence-electron chi connectivity index (χ4n) is 5.15. The van der Waals surface area contributed by atoms with Crippen molar-refractivity contribution in [1.82, 2.24) is 14.9 Å². The Morgan fingerprint density at radius 1 is 0.900 bits per heavy atom. The van der Waals surface area contributed by atoms with Crippen molar-refractivity contribution in [2.24, 2.45) is 0 Å². The van der Waals surface area contributed by atoms with E-state index in [4.69, 9.17) is 23.2 Å². The number of rotatable bonds is 3. The second-order valence-electron chi connectivity index (χ2n) is 9.53. The minimum atomic E-state index is -4.63. The third kappa shape index (κ3) is 4.64. The van der Waals surface area contributed by atoms with E-state index in [0.717, 1.165) is 6.07 Å². The molecule has 3 heterocycles. The Hall–Kier alpha value is -3.79. The molecule has 0 bridgehead atoms. The maximum absolute atomic E-state index is 14.3. The SMILES string of the molecule is O=c1ccc2cnc3ccc(-c4cc(Cl)c(O)c(Cl)c4)cc3c2n1-c1ccc(N2CCNCC2)c(C(F)(F)F)c1. The number of phenolic OH excluding ortho intramolecular Hbond substituents is 1. The lowest BCUT2D eigenvalue weighted by Gasteiger charge is -2.32. The summed E-state index contributed by atoms with van der Waals surface area (Å²) in [5.41, 5.74) is 1.12. The first kappa shape index (κ1) is 26.4. The number of aromatic hydroxyl groups is 1. The first-order valence-corrected chi connectivity index (χ1v) is 13.2. The molecule has 2 aromatic heterocycles. The molecule has 0 radical (unpaired) electrons. The van der Waals surface area contributed by atoms with Gasteiger partial charge in [0.25, 0.3) is 5.56 Å². The van der Waals surface area contributed by atoms with Crippen LogP contribution < -0.4 is 15.8 Å². The number of anilines is 1. The number of pyridine rings is 2. The molecule has 11 heteroatoms. The van der Waals surface area contributed by atoms with E-state index in [1.807, 2.05) is 0 Å². The number of piperazine rings is 1. The predicted molar refractivity (Wildman–Crippen MR) is 152 cm³/mol. The van der Waals surface area contributed by atoms with Gasteiger partial charge in [0.05, 0.1) is 32.3 Å². The normalized spacial score (nSPS) is 14.3. The lowest BCUT2D eigenvalue weighted by atomic mass is 10.0. The van der Waals surface area contributed by atoms with Crippen LogP contribution in [0.15, 0.2) is 71.7 Å². The summed E-state index contributed by atoms with van der Waals surface area (Å²) >= 11 is 12.3. The number of benzene rings is 3. The molecule has 1 aliphatic rings. The molecule has 1 saturated heterocycles. The minimum Gasteiger partial charge on any atom is -0.505 e. The molecule has 0 spiro atoms. The summed E-state index contributed by atoms with van der Waals surface area (Å²) in [6, 6.07) is 15.4. The summed E-state index contributed by atoms with van der Waals surface area (Å²) < 4.78 is 44.3. The van der Waals surface area contributed by atoms with Crippen LogP contribution >= 0.6 is 23.2 Å². The maximum atomic E-state index is 14.3. The van der Waals surface area contributed by atoms with Gasteiger partial charge in [0, 0.05) is 54.9 Å². The van der Waals surface area contributed by atoms with Crippen molar-refractivity contribution in [3.05, 3.63) is 92.8 Å². The standard InChI is InChI=1S/C29H21Cl2F3N4O2/c30-22-12-18(13-23(31)28(22)40)16-1-4-24-20(11-16)27-17(15-36-24)2-6-26(39)38(27)19-3-5-25(21(14-19)29(32,33)34)37-9-7-35-8-10-37/h1-6,11-15,35,40H,7-10H2. The average molecular weight is 585 g/mol. The van der Waals surface area contributed by atoms with Gasteiger partial charge in [-0.2, -0.15) is 13.2 Å². The monoisotopic (exact) mass is 584 g/mol. The second-order valence-corrected chi connectivity index (χ2v) is 10.3. The van der Waals surface area contributed by atoms with Crippen LogP contribution in [0.4, 0.5) is 18.9 Å². The fourth-order valence-corrected chi connectivity index (χ4v) is 5.64. The zero-order valence-electron chi connectivity index (χ0n) is 20.8. The molecular formula is C29H21Cl2F3N4O2. The van der Waals surface area contributed by atoms with Crippen LogP contribution in [-0.4, -0.2) is 40.8 Å². The smallest absolute Gasteiger partial charge is 0.418 e. The van der Waals surface area contributed by atoms with Crippen LogP contribution in [0.2, 0.25) is 10.0 Å². The van der Waals surface area contributed by atoms with E-state index in [1.54, 1.807) is 53.6 Å². The number of nitrogens with zero attached hydrogens (tertiary/aromatic N) is 3. The number of aromatic nitrogens is 2. The van der Waals surface area contributed by atoms with E-state index in [0.29, 0.717) is 59.1 Å². The predicted octanol–water partition coefficient (Wildman–Crippen LogP) is 6.65. The van der Waals surface area contributed by atoms with Gasteiger partial charge < -0.3 is 15.3 Å². The molecule has 3 aromatic carbocycles. The highest BCUT2D eigenvalue weighted by Crippen LogP contribution is 2.40. The van der Waals surface area contributed by atoms with Crippen molar-refractivity contribution in [2.75, 3.05) is 31.1 Å². The Morgan fingerprint density at radius 2 is 1.62 bits per heavy atom. The molecule has 2 N–H and O–H groups in total. The van der Waals surface area contributed by atoms with Crippen LogP contribution in [0, 0.1) is 0 Å². The first-order chi connectivity index (χ1) is 19.1. The lowest BCUT2D eigenvalue weighted by molar-refractivity contribution is -0.137. The highest BCUT2D eigenvalue weighted by Gasteiger charge is 2.36. The average Bonchev–Trinajstić information content (AvgIpc) is 2.95. The lowest BCUT2D eigenvalue weighted by Crippen LogP contribution is -2.44. The van der Waals surface area contributed by atoms with Crippen molar-refractivity contribution in [3.63, 3.8) is 0 Å². The van der Waals surface area contributed by atoms with Crippen molar-refractivity contribution in [2.45, 2.75) is 6.18 Å². The topological polar surface area (TPSA) is 70.4 Å². The molecule has 6 rings (SSSR count). The minimum absolute atomic E-state index is 0.0693. The summed E-state index contributed by atoms with van der Waals surface area (Å²) in [6.07, 6.45) is -3.04. The number of halogens is 5. The van der Waals surface area contributed by atoms with Crippen LogP contribution in [0.5, 0.6) is 5.75 Å². The van der Waals surface area contributed by atoms with Crippen molar-refractivity contribution < 1.29 is 18.3 Å². The second kappa shape index (κ2) is 9.99. The van der Waals surface area contributed by atoms with Gasteiger partial charge in [-0.1, -0.05) is 29.3 Å². The van der Waals surface area contributed by atoms with Crippen LogP contribution in [-0.2, 0) is 6.18 Å². The Labute approximate surface area is 236 Å². The number of alkyl halides is 3. The highest BCUT2D eigenvalue weighted by molar-refractivity contribution is 6.37. The quantitative estimate of drug-likeness (QED) is 0.232. The molecule has 1 aliphatic heterocycles. The molecule has 6 nitrogen and oxygen atoms in total. The Balaban J connectivity index is 1.60. The molecule has 0 unspecified atom stereocenters. The van der Waals surface area contributed by atoms with Crippen molar-refractivity contribution >= 4 is 50.7 Å². The van der Waals surface area contributed by atoms with Gasteiger partial charge in [0.2, 0.25) is 0 Å². The zero-order valence-corrected chi connectivity index (χ0v) is 22.3. The summed E-state index contributed by atoms with van der Waals surface area (Å²) in [5.74, 6) is -0.237. The van der Waals surface area contributed by atoms with Crippen LogP contribution in [0.25, 0.3) is 38.6 Å². The third-order valence-corrected chi connectivity index (χ3v) is 7.65. The Morgan fingerprint density at radius 3 is 2.33 bits per heavy atom. The molecule has 5 aromatic rings. The molecule has 1 fully saturated rings. The number of phenols is 1. The Bertz CT molecular complexity index is 1830. The van der Waals surface area contributed by atoms with Crippen molar-refractivity contribution in [3.8, 4) is 22.6 Å². The summed E-state index contributed by atoms with van der Waals surface area (Å²) in [4.78, 5) is 19.5. The van der Waals surface area contributed by atoms with Gasteiger partial charge in [-0.15, -0.1) is 0 Å². The van der Waals surface area contributed by atoms with E-state index in [2.05, 4.69) is 10.3 Å². The van der Waals surface area contributed by atoms with E-state index in [1.165, 1.54) is 16.7 Å². The molecule has 0 saturated carbocycles. The van der Waals surface area contributed by atoms with Gasteiger partial charge in [-0.3, -0.25) is 14.3 Å². The number of hydrogen-bond donors (Lipinski definition) is 2. The highest BCUT2D eigenvalue weighted by atomic mass is 35.5. The van der Waals surface area contributed by atoms with Crippen LogP contribution in [0.3, 0.4) is 0 Å². The van der Waals surface area contributed by atoms with E-state index >= 15 is 0 Å². The van der Waals surface area contributed by atoms with E-state index in [-0.39, 0.29) is 27.2 Å². The van der Waals surface area contributed by atoms with E-state index in [9.17, 15) is 23.1 Å². The van der Waals surface area contributed by atoms with Gasteiger partial charge in [-0.05, 0) is 59.7 Å². The maximum Gasteiger partial charge on any atom is 0.418 e. The number of nitrogens with one attached hydrogen (secondary N) is 1. The Kier molecular flexibility index (Phi) is 6.60. The van der Waals surface area contributed by atoms with E-state index < -0.39 is 17.3 Å². The third-order valence-electron chi connectivity index (χ3n) is 7.07. The number of hydrogen-bond acceptors (Lipinski definition) is 5. The number of fused-ring (bicyclic) bond motifs is 3. The van der Waals surface area contributed by atoms with Crippen molar-refractivity contribution in [1.29, 1.82) is 0 Å². The summed E-state index contributed by atoms with van der Waals surface area (Å²) in [7, 11) is 0. The largest absolute Gasteiger partial charge is 0.505 e. The molecule has 40 heavy (non-hydrogen) atoms. The van der Waals surface area contributed by atoms with Gasteiger partial charge in [0.15, 0.2) is 5.75 Å². The summed E-state index contributed by atoms with van der Waals surface area (Å²) in [6.45, 7) is 2.06. The molecule has 0 atom stereocenters. The van der Waals surface area contributed by atoms with Gasteiger partial charge in [0.1, 0.15) is 0 Å². The zero-order chi connectivity index (χ0) is 28.2. The fraction of sp³-hybridized carbons (Fsp3) is 0.172. The molecule has 204 valence electrons. The summed E-state index contributed by atoms with van der Waals surface area (Å²) in [5, 5.41) is 14.4. The van der Waals surface area contributed by atoms with Crippen LogP contribution in [0.1, 0.15) is 5.56 Å². The first-order valence-electron chi connectivity index (χ1n) is 12.4. The molecular weight excluding hydrogens is 564 g/mol.